The number of hydrogen-bond donors (Lipinski definition) is 1. The maximum Gasteiger partial charge on any atom is 0.119 e. The largest absolute Gasteiger partial charge is 0.497 e. The molecule has 0 atom stereocenters. The van der Waals surface area contributed by atoms with Crippen molar-refractivity contribution in [2.24, 2.45) is 0 Å². The van der Waals surface area contributed by atoms with Crippen molar-refractivity contribution >= 4 is 0 Å². The number of aliphatic hydroxyl groups is 1. The van der Waals surface area contributed by atoms with Crippen LogP contribution < -0.4 is 4.74 Å². The van der Waals surface area contributed by atoms with Crippen molar-refractivity contribution in [1.82, 2.24) is 9.78 Å². The molecule has 1 aliphatic rings. The summed E-state index contributed by atoms with van der Waals surface area (Å²) in [6, 6.07) is 18.2. The lowest BCUT2D eigenvalue weighted by Gasteiger charge is -2.34. The third kappa shape index (κ3) is 3.93. The second kappa shape index (κ2) is 8.01. The maximum absolute atomic E-state index is 11.4. The highest BCUT2D eigenvalue weighted by Crippen LogP contribution is 2.39. The summed E-state index contributed by atoms with van der Waals surface area (Å²) in [6.07, 6.45) is 3.19. The molecular formula is C24H28N2O3. The van der Waals surface area contributed by atoms with Crippen molar-refractivity contribution in [1.29, 1.82) is 0 Å². The minimum absolute atomic E-state index is 0.218. The van der Waals surface area contributed by atoms with E-state index in [1.807, 2.05) is 35.0 Å². The Morgan fingerprint density at radius 3 is 2.24 bits per heavy atom. The average Bonchev–Trinajstić information content (AvgIpc) is 3.21. The summed E-state index contributed by atoms with van der Waals surface area (Å²) < 4.78 is 12.7. The van der Waals surface area contributed by atoms with Crippen LogP contribution in [0.15, 0.2) is 54.6 Å². The highest BCUT2D eigenvalue weighted by atomic mass is 16.5. The minimum Gasteiger partial charge on any atom is -0.497 e. The molecule has 152 valence electrons. The smallest absolute Gasteiger partial charge is 0.119 e. The second-order valence-corrected chi connectivity index (χ2v) is 7.86. The van der Waals surface area contributed by atoms with Crippen LogP contribution in [0.5, 0.6) is 5.75 Å². The zero-order valence-electron chi connectivity index (χ0n) is 17.3. The van der Waals surface area contributed by atoms with E-state index >= 15 is 0 Å². The molecule has 1 aromatic heterocycles. The molecule has 0 spiro atoms. The van der Waals surface area contributed by atoms with Crippen molar-refractivity contribution in [2.75, 3.05) is 14.2 Å². The Labute approximate surface area is 171 Å². The lowest BCUT2D eigenvalue weighted by molar-refractivity contribution is -0.0502. The highest BCUT2D eigenvalue weighted by Gasteiger charge is 2.37. The molecule has 0 bridgehead atoms. The summed E-state index contributed by atoms with van der Waals surface area (Å²) in [5, 5.41) is 16.2. The van der Waals surface area contributed by atoms with Crippen LogP contribution in [0.1, 0.15) is 36.9 Å². The van der Waals surface area contributed by atoms with Crippen molar-refractivity contribution in [3.8, 4) is 22.7 Å². The molecule has 5 heteroatoms. The number of methoxy groups -OCH3 is 2. The maximum atomic E-state index is 11.4. The molecule has 1 fully saturated rings. The molecule has 1 N–H and O–H groups in total. The molecule has 0 amide bonds. The predicted octanol–water partition coefficient (Wildman–Crippen LogP) is 4.63. The Balaban J connectivity index is 1.77. The lowest BCUT2D eigenvalue weighted by Crippen LogP contribution is -2.34. The lowest BCUT2D eigenvalue weighted by atomic mass is 9.81. The normalized spacial score (nSPS) is 21.9. The molecule has 0 unspecified atom stereocenters. The molecule has 3 aromatic rings. The zero-order valence-corrected chi connectivity index (χ0v) is 17.3. The number of hydrogen-bond acceptors (Lipinski definition) is 4. The van der Waals surface area contributed by atoms with Gasteiger partial charge >= 0.3 is 0 Å². The minimum atomic E-state index is -0.924. The predicted molar refractivity (Wildman–Crippen MR) is 113 cm³/mol. The van der Waals surface area contributed by atoms with Crippen molar-refractivity contribution in [3.63, 3.8) is 0 Å². The average molecular weight is 392 g/mol. The van der Waals surface area contributed by atoms with Gasteiger partial charge < -0.3 is 14.6 Å². The molecule has 2 aromatic carbocycles. The molecule has 0 radical (unpaired) electrons. The van der Waals surface area contributed by atoms with Crippen molar-refractivity contribution < 1.29 is 14.6 Å². The van der Waals surface area contributed by atoms with Gasteiger partial charge in [0.1, 0.15) is 11.4 Å². The van der Waals surface area contributed by atoms with Crippen molar-refractivity contribution in [2.45, 2.75) is 44.3 Å². The first-order valence-electron chi connectivity index (χ1n) is 10.1. The number of aryl methyl sites for hydroxylation is 1. The molecule has 0 aliphatic heterocycles. The van der Waals surface area contributed by atoms with Crippen LogP contribution in [0.3, 0.4) is 0 Å². The van der Waals surface area contributed by atoms with Gasteiger partial charge in [0.2, 0.25) is 0 Å². The quantitative estimate of drug-likeness (QED) is 0.688. The fourth-order valence-electron chi connectivity index (χ4n) is 4.02. The van der Waals surface area contributed by atoms with E-state index in [1.165, 1.54) is 5.56 Å². The van der Waals surface area contributed by atoms with Gasteiger partial charge in [0, 0.05) is 12.7 Å². The molecule has 1 heterocycles. The number of rotatable bonds is 5. The Kier molecular flexibility index (Phi) is 5.43. The van der Waals surface area contributed by atoms with E-state index in [1.54, 1.807) is 14.2 Å². The number of nitrogens with zero attached hydrogens (tertiary/aromatic N) is 2. The highest BCUT2D eigenvalue weighted by molar-refractivity contribution is 5.63. The van der Waals surface area contributed by atoms with Crippen LogP contribution in [-0.2, 0) is 10.3 Å². The zero-order chi connectivity index (χ0) is 20.4. The van der Waals surface area contributed by atoms with Crippen LogP contribution in [0.4, 0.5) is 0 Å². The van der Waals surface area contributed by atoms with Gasteiger partial charge in [-0.05, 0) is 62.9 Å². The van der Waals surface area contributed by atoms with Gasteiger partial charge in [-0.2, -0.15) is 5.10 Å². The monoisotopic (exact) mass is 392 g/mol. The van der Waals surface area contributed by atoms with Gasteiger partial charge in [-0.15, -0.1) is 0 Å². The Bertz CT molecular complexity index is 953. The van der Waals surface area contributed by atoms with Gasteiger partial charge in [0.25, 0.3) is 0 Å². The van der Waals surface area contributed by atoms with Gasteiger partial charge in [-0.3, -0.25) is 0 Å². The van der Waals surface area contributed by atoms with E-state index in [2.05, 4.69) is 31.2 Å². The van der Waals surface area contributed by atoms with E-state index in [4.69, 9.17) is 14.6 Å². The number of aromatic nitrogens is 2. The molecule has 1 saturated carbocycles. The summed E-state index contributed by atoms with van der Waals surface area (Å²) in [4.78, 5) is 0. The van der Waals surface area contributed by atoms with Gasteiger partial charge in [0.05, 0.1) is 30.3 Å². The molecule has 29 heavy (non-hydrogen) atoms. The SMILES string of the molecule is COc1ccc(-n2nc(C3(O)CCC(OC)CC3)cc2-c2ccc(C)cc2)cc1. The Morgan fingerprint density at radius 2 is 1.66 bits per heavy atom. The second-order valence-electron chi connectivity index (χ2n) is 7.86. The van der Waals surface area contributed by atoms with Crippen LogP contribution in [0, 0.1) is 6.92 Å². The van der Waals surface area contributed by atoms with E-state index in [0.29, 0.717) is 12.8 Å². The van der Waals surface area contributed by atoms with Crippen LogP contribution in [-0.4, -0.2) is 35.2 Å². The standard InChI is InChI=1S/C24H28N2O3/c1-17-4-6-18(7-5-17)22-16-23(24(27)14-12-21(29-3)13-15-24)25-26(22)19-8-10-20(28-2)11-9-19/h4-11,16,21,27H,12-15H2,1-3H3. The molecule has 4 rings (SSSR count). The van der Waals surface area contributed by atoms with Gasteiger partial charge in [0.15, 0.2) is 0 Å². The number of ether oxygens (including phenoxy) is 2. The van der Waals surface area contributed by atoms with E-state index in [0.717, 1.165) is 41.2 Å². The first-order valence-corrected chi connectivity index (χ1v) is 10.1. The third-order valence-electron chi connectivity index (χ3n) is 5.94. The topological polar surface area (TPSA) is 56.5 Å². The number of benzene rings is 2. The van der Waals surface area contributed by atoms with Crippen LogP contribution >= 0.6 is 0 Å². The van der Waals surface area contributed by atoms with E-state index < -0.39 is 5.60 Å². The summed E-state index contributed by atoms with van der Waals surface area (Å²) in [5.74, 6) is 0.800. The van der Waals surface area contributed by atoms with Crippen LogP contribution in [0.25, 0.3) is 16.9 Å². The van der Waals surface area contributed by atoms with E-state index in [9.17, 15) is 5.11 Å². The fourth-order valence-corrected chi connectivity index (χ4v) is 4.02. The fraction of sp³-hybridized carbons (Fsp3) is 0.375. The Hall–Kier alpha value is -2.63. The molecule has 1 aliphatic carbocycles. The molecular weight excluding hydrogens is 364 g/mol. The Morgan fingerprint density at radius 1 is 1.00 bits per heavy atom. The van der Waals surface area contributed by atoms with Gasteiger partial charge in [-0.1, -0.05) is 29.8 Å². The summed E-state index contributed by atoms with van der Waals surface area (Å²) in [7, 11) is 3.40. The first kappa shape index (κ1) is 19.7. The van der Waals surface area contributed by atoms with Crippen LogP contribution in [0.2, 0.25) is 0 Å². The van der Waals surface area contributed by atoms with Gasteiger partial charge in [-0.25, -0.2) is 4.68 Å². The first-order chi connectivity index (χ1) is 14.0. The van der Waals surface area contributed by atoms with Crippen molar-refractivity contribution in [3.05, 3.63) is 65.9 Å². The summed E-state index contributed by atoms with van der Waals surface area (Å²) in [5.41, 5.74) is 3.97. The summed E-state index contributed by atoms with van der Waals surface area (Å²) in [6.45, 7) is 2.08. The van der Waals surface area contributed by atoms with E-state index in [-0.39, 0.29) is 6.10 Å². The molecule has 0 saturated heterocycles. The third-order valence-corrected chi connectivity index (χ3v) is 5.94. The summed E-state index contributed by atoms with van der Waals surface area (Å²) >= 11 is 0. The molecule has 5 nitrogen and oxygen atoms in total.